The van der Waals surface area contributed by atoms with Crippen LogP contribution in [0.3, 0.4) is 0 Å². The second-order valence-corrected chi connectivity index (χ2v) is 6.53. The van der Waals surface area contributed by atoms with E-state index >= 15 is 0 Å². The van der Waals surface area contributed by atoms with Crippen LogP contribution in [0.15, 0.2) is 24.4 Å². The summed E-state index contributed by atoms with van der Waals surface area (Å²) in [6.07, 6.45) is 3.43. The minimum Gasteiger partial charge on any atom is -0.337 e. The highest BCUT2D eigenvalue weighted by molar-refractivity contribution is 6.33. The first-order valence-electron chi connectivity index (χ1n) is 8.62. The van der Waals surface area contributed by atoms with Crippen LogP contribution < -0.4 is 5.32 Å². The molecule has 1 N–H and O–H groups in total. The molecule has 25 heavy (non-hydrogen) atoms. The molecule has 2 rings (SSSR count). The largest absolute Gasteiger partial charge is 0.337 e. The summed E-state index contributed by atoms with van der Waals surface area (Å²) in [4.78, 5) is 23.1. The van der Waals surface area contributed by atoms with Gasteiger partial charge in [0.05, 0.1) is 10.7 Å². The van der Waals surface area contributed by atoms with Gasteiger partial charge in [0.1, 0.15) is 5.69 Å². The van der Waals surface area contributed by atoms with E-state index in [1.807, 2.05) is 30.9 Å². The van der Waals surface area contributed by atoms with Crippen LogP contribution in [-0.2, 0) is 0 Å². The van der Waals surface area contributed by atoms with Crippen LogP contribution in [0.1, 0.15) is 48.3 Å². The van der Waals surface area contributed by atoms with Crippen molar-refractivity contribution in [1.29, 1.82) is 0 Å². The van der Waals surface area contributed by atoms with Gasteiger partial charge in [-0.2, -0.15) is 0 Å². The number of amides is 1. The molecule has 0 aliphatic carbocycles. The zero-order chi connectivity index (χ0) is 18.4. The number of hydrogen-bond acceptors (Lipinski definition) is 4. The number of rotatable bonds is 7. The maximum absolute atomic E-state index is 12.7. The molecule has 1 aromatic heterocycles. The standard InChI is InChI=1S/C19H25ClN4O/c1-5-9-24(10-6-2)18(25)16-7-8-21-19(22-16)23-17-14(4)11-13(3)12-15(17)20/h7-8,11-12H,5-6,9-10H2,1-4H3,(H,21,22,23). The molecule has 134 valence electrons. The molecule has 1 amide bonds. The van der Waals surface area contributed by atoms with Crippen LogP contribution in [0.25, 0.3) is 0 Å². The van der Waals surface area contributed by atoms with Gasteiger partial charge in [-0.1, -0.05) is 31.5 Å². The molecule has 0 aliphatic heterocycles. The summed E-state index contributed by atoms with van der Waals surface area (Å²) in [6.45, 7) is 9.54. The minimum atomic E-state index is -0.0686. The molecule has 1 aromatic carbocycles. The highest BCUT2D eigenvalue weighted by Crippen LogP contribution is 2.29. The lowest BCUT2D eigenvalue weighted by Gasteiger charge is -2.21. The Labute approximate surface area is 154 Å². The SMILES string of the molecule is CCCN(CCC)C(=O)c1ccnc(Nc2c(C)cc(C)cc2Cl)n1. The van der Waals surface area contributed by atoms with E-state index in [-0.39, 0.29) is 5.91 Å². The van der Waals surface area contributed by atoms with Crippen molar-refractivity contribution in [2.24, 2.45) is 0 Å². The fraction of sp³-hybridized carbons (Fsp3) is 0.421. The number of nitrogens with one attached hydrogen (secondary N) is 1. The van der Waals surface area contributed by atoms with Gasteiger partial charge in [0.15, 0.2) is 0 Å². The highest BCUT2D eigenvalue weighted by Gasteiger charge is 2.17. The Hall–Kier alpha value is -2.14. The molecule has 6 heteroatoms. The van der Waals surface area contributed by atoms with Crippen LogP contribution in [0.5, 0.6) is 0 Å². The van der Waals surface area contributed by atoms with Gasteiger partial charge in [0.2, 0.25) is 5.95 Å². The molecule has 0 unspecified atom stereocenters. The first kappa shape index (κ1) is 19.2. The van der Waals surface area contributed by atoms with Gasteiger partial charge in [0, 0.05) is 19.3 Å². The minimum absolute atomic E-state index is 0.0686. The van der Waals surface area contributed by atoms with Gasteiger partial charge >= 0.3 is 0 Å². The predicted octanol–water partition coefficient (Wildman–Crippen LogP) is 4.75. The Morgan fingerprint density at radius 2 is 1.88 bits per heavy atom. The van der Waals surface area contributed by atoms with Crippen LogP contribution in [0.2, 0.25) is 5.02 Å². The Bertz CT molecular complexity index is 719. The average molecular weight is 361 g/mol. The fourth-order valence-electron chi connectivity index (χ4n) is 2.74. The molecule has 0 atom stereocenters. The van der Waals surface area contributed by atoms with E-state index in [9.17, 15) is 4.79 Å². The third-order valence-corrected chi connectivity index (χ3v) is 4.12. The van der Waals surface area contributed by atoms with E-state index in [1.54, 1.807) is 12.3 Å². The molecule has 0 fully saturated rings. The topological polar surface area (TPSA) is 58.1 Å². The summed E-state index contributed by atoms with van der Waals surface area (Å²) in [5, 5.41) is 3.75. The molecule has 5 nitrogen and oxygen atoms in total. The molecule has 0 spiro atoms. The number of anilines is 2. The van der Waals surface area contributed by atoms with Gasteiger partial charge in [-0.3, -0.25) is 4.79 Å². The van der Waals surface area contributed by atoms with Gasteiger partial charge in [-0.05, 0) is 49.9 Å². The molecule has 1 heterocycles. The lowest BCUT2D eigenvalue weighted by atomic mass is 10.1. The molecule has 0 aliphatic rings. The smallest absolute Gasteiger partial charge is 0.272 e. The maximum Gasteiger partial charge on any atom is 0.272 e. The molecular weight excluding hydrogens is 336 g/mol. The molecular formula is C19H25ClN4O. The van der Waals surface area contributed by atoms with Crippen molar-refractivity contribution < 1.29 is 4.79 Å². The van der Waals surface area contributed by atoms with Gasteiger partial charge in [0.25, 0.3) is 5.91 Å². The summed E-state index contributed by atoms with van der Waals surface area (Å²) < 4.78 is 0. The monoisotopic (exact) mass is 360 g/mol. The van der Waals surface area contributed by atoms with E-state index in [0.29, 0.717) is 16.7 Å². The number of carbonyl (C=O) groups excluding carboxylic acids is 1. The van der Waals surface area contributed by atoms with Crippen LogP contribution in [-0.4, -0.2) is 33.9 Å². The van der Waals surface area contributed by atoms with Crippen LogP contribution >= 0.6 is 11.6 Å². The van der Waals surface area contributed by atoms with Gasteiger partial charge in [-0.25, -0.2) is 9.97 Å². The predicted molar refractivity (Wildman–Crippen MR) is 103 cm³/mol. The van der Waals surface area contributed by atoms with Crippen molar-refractivity contribution in [3.05, 3.63) is 46.2 Å². The van der Waals surface area contributed by atoms with Crippen molar-refractivity contribution in [3.63, 3.8) is 0 Å². The number of aromatic nitrogens is 2. The summed E-state index contributed by atoms with van der Waals surface area (Å²) in [6, 6.07) is 5.57. The van der Waals surface area contributed by atoms with E-state index < -0.39 is 0 Å². The number of aryl methyl sites for hydroxylation is 2. The van der Waals surface area contributed by atoms with Gasteiger partial charge in [-0.15, -0.1) is 0 Å². The Kier molecular flexibility index (Phi) is 6.76. The van der Waals surface area contributed by atoms with Gasteiger partial charge < -0.3 is 10.2 Å². The lowest BCUT2D eigenvalue weighted by Crippen LogP contribution is -2.33. The number of benzene rings is 1. The summed E-state index contributed by atoms with van der Waals surface area (Å²) in [5.74, 6) is 0.300. The zero-order valence-electron chi connectivity index (χ0n) is 15.3. The van der Waals surface area contributed by atoms with Crippen molar-refractivity contribution in [2.75, 3.05) is 18.4 Å². The second kappa shape index (κ2) is 8.81. The molecule has 2 aromatic rings. The number of hydrogen-bond donors (Lipinski definition) is 1. The quantitative estimate of drug-likeness (QED) is 0.773. The number of halogens is 1. The first-order chi connectivity index (χ1) is 12.0. The Balaban J connectivity index is 2.25. The summed E-state index contributed by atoms with van der Waals surface area (Å²) in [5.41, 5.74) is 3.24. The third-order valence-electron chi connectivity index (χ3n) is 3.82. The second-order valence-electron chi connectivity index (χ2n) is 6.12. The highest BCUT2D eigenvalue weighted by atomic mass is 35.5. The third kappa shape index (κ3) is 4.92. The number of carbonyl (C=O) groups is 1. The fourth-order valence-corrected chi connectivity index (χ4v) is 3.11. The molecule has 0 saturated heterocycles. The maximum atomic E-state index is 12.7. The normalized spacial score (nSPS) is 10.6. The van der Waals surface area contributed by atoms with Crippen molar-refractivity contribution in [1.82, 2.24) is 14.9 Å². The van der Waals surface area contributed by atoms with E-state index in [1.165, 1.54) is 0 Å². The summed E-state index contributed by atoms with van der Waals surface area (Å²) >= 11 is 6.33. The molecule has 0 saturated carbocycles. The van der Waals surface area contributed by atoms with Crippen LogP contribution in [0, 0.1) is 13.8 Å². The van der Waals surface area contributed by atoms with Crippen molar-refractivity contribution in [3.8, 4) is 0 Å². The zero-order valence-corrected chi connectivity index (χ0v) is 16.0. The summed E-state index contributed by atoms with van der Waals surface area (Å²) in [7, 11) is 0. The van der Waals surface area contributed by atoms with E-state index in [2.05, 4.69) is 29.1 Å². The molecule has 0 bridgehead atoms. The molecule has 0 radical (unpaired) electrons. The first-order valence-corrected chi connectivity index (χ1v) is 9.00. The van der Waals surface area contributed by atoms with Crippen LogP contribution in [0.4, 0.5) is 11.6 Å². The average Bonchev–Trinajstić information content (AvgIpc) is 2.57. The Morgan fingerprint density at radius 3 is 2.48 bits per heavy atom. The number of nitrogens with zero attached hydrogens (tertiary/aromatic N) is 3. The Morgan fingerprint density at radius 1 is 1.20 bits per heavy atom. The lowest BCUT2D eigenvalue weighted by molar-refractivity contribution is 0.0749. The van der Waals surface area contributed by atoms with E-state index in [0.717, 1.165) is 42.7 Å². The van der Waals surface area contributed by atoms with E-state index in [4.69, 9.17) is 11.6 Å². The van der Waals surface area contributed by atoms with Crippen molar-refractivity contribution >= 4 is 29.1 Å². The van der Waals surface area contributed by atoms with Crippen molar-refractivity contribution in [2.45, 2.75) is 40.5 Å².